The predicted octanol–water partition coefficient (Wildman–Crippen LogP) is 5.56. The molecule has 2 heterocycles. The van der Waals surface area contributed by atoms with Gasteiger partial charge in [0, 0.05) is 5.56 Å². The fourth-order valence-corrected chi connectivity index (χ4v) is 4.19. The van der Waals surface area contributed by atoms with Gasteiger partial charge in [-0.3, -0.25) is 4.79 Å². The van der Waals surface area contributed by atoms with E-state index in [0.717, 1.165) is 4.90 Å². The zero-order valence-electron chi connectivity index (χ0n) is 23.1. The highest BCUT2D eigenvalue weighted by Gasteiger charge is 2.34. The zero-order valence-corrected chi connectivity index (χ0v) is 23.1. The standard InChI is InChI=1S/C29H23F4N7O4/c1-17(2)23-13-20(30)7-12-24(23)40-25(41)15-43-28(40)36-27(42)37-35-14-18-3-5-19(6-4-18)26-34-16-39(38-26)21-8-10-22(11-9-21)44-29(31,32)33/h3-14,16-17H,15H2,1-2H3,(H,37,42)/b35-14+,36-28-. The molecule has 1 aliphatic rings. The van der Waals surface area contributed by atoms with E-state index in [9.17, 15) is 27.2 Å². The Balaban J connectivity index is 1.21. The monoisotopic (exact) mass is 609 g/mol. The van der Waals surface area contributed by atoms with Gasteiger partial charge in [-0.1, -0.05) is 38.1 Å². The molecular weight excluding hydrogens is 586 g/mol. The summed E-state index contributed by atoms with van der Waals surface area (Å²) in [6, 6.07) is 14.8. The van der Waals surface area contributed by atoms with Crippen molar-refractivity contribution in [1.82, 2.24) is 20.2 Å². The van der Waals surface area contributed by atoms with E-state index >= 15 is 0 Å². The van der Waals surface area contributed by atoms with E-state index in [0.29, 0.717) is 33.9 Å². The van der Waals surface area contributed by atoms with Crippen molar-refractivity contribution >= 4 is 29.9 Å². The van der Waals surface area contributed by atoms with Gasteiger partial charge in [-0.15, -0.1) is 23.3 Å². The number of nitrogens with one attached hydrogen (secondary N) is 1. The van der Waals surface area contributed by atoms with Crippen LogP contribution in [0.2, 0.25) is 0 Å². The van der Waals surface area contributed by atoms with E-state index in [1.807, 2.05) is 13.8 Å². The number of carbonyl (C=O) groups excluding carboxylic acids is 2. The van der Waals surface area contributed by atoms with Gasteiger partial charge < -0.3 is 9.47 Å². The molecular formula is C29H23F4N7O4. The lowest BCUT2D eigenvalue weighted by molar-refractivity contribution is -0.274. The van der Waals surface area contributed by atoms with E-state index < -0.39 is 24.1 Å². The lowest BCUT2D eigenvalue weighted by Crippen LogP contribution is -2.32. The van der Waals surface area contributed by atoms with E-state index in [1.165, 1.54) is 59.7 Å². The van der Waals surface area contributed by atoms with Gasteiger partial charge in [0.1, 0.15) is 17.9 Å². The molecule has 1 N–H and O–H groups in total. The van der Waals surface area contributed by atoms with Crippen molar-refractivity contribution in [3.8, 4) is 22.8 Å². The summed E-state index contributed by atoms with van der Waals surface area (Å²) in [5.74, 6) is -1.01. The first kappa shape index (κ1) is 29.9. The van der Waals surface area contributed by atoms with Crippen LogP contribution in [0.3, 0.4) is 0 Å². The third-order valence-electron chi connectivity index (χ3n) is 6.18. The van der Waals surface area contributed by atoms with Crippen LogP contribution in [0.4, 0.5) is 28.0 Å². The number of amidine groups is 1. The molecule has 1 aliphatic heterocycles. The normalized spacial score (nSPS) is 14.5. The molecule has 5 rings (SSSR count). The number of aliphatic imine (C=N–C) groups is 1. The lowest BCUT2D eigenvalue weighted by Gasteiger charge is -2.20. The van der Waals surface area contributed by atoms with E-state index in [-0.39, 0.29) is 24.3 Å². The maximum absolute atomic E-state index is 13.8. The third-order valence-corrected chi connectivity index (χ3v) is 6.18. The number of hydrazone groups is 1. The molecule has 1 fully saturated rings. The Morgan fingerprint density at radius 2 is 1.82 bits per heavy atom. The van der Waals surface area contributed by atoms with E-state index in [4.69, 9.17) is 4.74 Å². The summed E-state index contributed by atoms with van der Waals surface area (Å²) in [4.78, 5) is 34.1. The number of anilines is 1. The quantitative estimate of drug-likeness (QED) is 0.166. The van der Waals surface area contributed by atoms with Crippen LogP contribution in [0.25, 0.3) is 17.1 Å². The van der Waals surface area contributed by atoms with E-state index in [2.05, 4.69) is 30.3 Å². The van der Waals surface area contributed by atoms with Crippen LogP contribution in [0.15, 0.2) is 83.2 Å². The number of hydrogen-bond acceptors (Lipinski definition) is 7. The minimum absolute atomic E-state index is 0.117. The maximum Gasteiger partial charge on any atom is 0.573 e. The molecule has 4 aromatic rings. The summed E-state index contributed by atoms with van der Waals surface area (Å²) in [5, 5.41) is 8.23. The second-order valence-corrected chi connectivity index (χ2v) is 9.62. The molecule has 44 heavy (non-hydrogen) atoms. The van der Waals surface area contributed by atoms with Crippen molar-refractivity contribution in [2.45, 2.75) is 26.1 Å². The smallest absolute Gasteiger partial charge is 0.454 e. The van der Waals surface area contributed by atoms with E-state index in [1.54, 1.807) is 24.3 Å². The topological polar surface area (TPSA) is 123 Å². The van der Waals surface area contributed by atoms with Gasteiger partial charge in [-0.2, -0.15) is 5.10 Å². The molecule has 3 amide bonds. The Morgan fingerprint density at radius 3 is 2.50 bits per heavy atom. The van der Waals surface area contributed by atoms with Crippen molar-refractivity contribution in [1.29, 1.82) is 0 Å². The fraction of sp³-hybridized carbons (Fsp3) is 0.172. The Morgan fingerprint density at radius 1 is 1.09 bits per heavy atom. The lowest BCUT2D eigenvalue weighted by atomic mass is 10.0. The maximum atomic E-state index is 13.8. The number of urea groups is 1. The number of ether oxygens (including phenoxy) is 2. The van der Waals surface area contributed by atoms with Crippen LogP contribution in [-0.4, -0.2) is 51.9 Å². The summed E-state index contributed by atoms with van der Waals surface area (Å²) >= 11 is 0. The van der Waals surface area contributed by atoms with Gasteiger partial charge in [-0.05, 0) is 59.5 Å². The fourth-order valence-electron chi connectivity index (χ4n) is 4.19. The summed E-state index contributed by atoms with van der Waals surface area (Å²) in [7, 11) is 0. The van der Waals surface area contributed by atoms with Crippen LogP contribution in [-0.2, 0) is 9.53 Å². The van der Waals surface area contributed by atoms with Crippen molar-refractivity contribution in [2.75, 3.05) is 11.5 Å². The van der Waals surface area contributed by atoms with Crippen LogP contribution < -0.4 is 15.1 Å². The second kappa shape index (κ2) is 12.3. The number of rotatable bonds is 7. The number of halogens is 4. The number of amides is 3. The molecule has 1 aromatic heterocycles. The summed E-state index contributed by atoms with van der Waals surface area (Å²) in [6.45, 7) is 3.36. The zero-order chi connectivity index (χ0) is 31.4. The molecule has 0 spiro atoms. The number of alkyl halides is 3. The molecule has 0 aliphatic carbocycles. The van der Waals surface area contributed by atoms with Gasteiger partial charge in [0.2, 0.25) is 0 Å². The van der Waals surface area contributed by atoms with Crippen LogP contribution >= 0.6 is 0 Å². The van der Waals surface area contributed by atoms with Crippen molar-refractivity contribution < 1.29 is 36.6 Å². The second-order valence-electron chi connectivity index (χ2n) is 9.62. The number of aromatic nitrogens is 3. The Kier molecular flexibility index (Phi) is 8.37. The largest absolute Gasteiger partial charge is 0.573 e. The first-order valence-corrected chi connectivity index (χ1v) is 13.0. The number of nitrogens with zero attached hydrogens (tertiary/aromatic N) is 6. The Hall–Kier alpha value is -5.60. The van der Waals surface area contributed by atoms with Crippen molar-refractivity contribution in [3.05, 3.63) is 90.0 Å². The highest BCUT2D eigenvalue weighted by Crippen LogP contribution is 2.31. The molecule has 0 radical (unpaired) electrons. The van der Waals surface area contributed by atoms with Gasteiger partial charge in [0.05, 0.1) is 17.6 Å². The first-order chi connectivity index (χ1) is 21.0. The number of hydrogen-bond donors (Lipinski definition) is 1. The highest BCUT2D eigenvalue weighted by molar-refractivity contribution is 6.20. The molecule has 226 valence electrons. The Bertz CT molecular complexity index is 1730. The molecule has 1 saturated heterocycles. The average Bonchev–Trinajstić information content (AvgIpc) is 3.60. The molecule has 0 unspecified atom stereocenters. The average molecular weight is 610 g/mol. The third kappa shape index (κ3) is 7.06. The summed E-state index contributed by atoms with van der Waals surface area (Å²) < 4.78 is 61.5. The highest BCUT2D eigenvalue weighted by atomic mass is 19.4. The SMILES string of the molecule is CC(C)c1cc(F)ccc1N1C(=O)CO/C1=N\C(=O)N/N=C/c1ccc(-c2ncn(-c3ccc(OC(F)(F)F)cc3)n2)cc1. The van der Waals surface area contributed by atoms with Gasteiger partial charge >= 0.3 is 18.4 Å². The Labute approximate surface area is 247 Å². The molecule has 11 nitrogen and oxygen atoms in total. The van der Waals surface area contributed by atoms with Crippen LogP contribution in [0.5, 0.6) is 5.75 Å². The van der Waals surface area contributed by atoms with Crippen molar-refractivity contribution in [3.63, 3.8) is 0 Å². The van der Waals surface area contributed by atoms with Crippen LogP contribution in [0, 0.1) is 5.82 Å². The van der Waals surface area contributed by atoms with Gasteiger partial charge in [0.15, 0.2) is 12.4 Å². The molecule has 0 atom stereocenters. The van der Waals surface area contributed by atoms with Gasteiger partial charge in [0.25, 0.3) is 5.91 Å². The predicted molar refractivity (Wildman–Crippen MR) is 151 cm³/mol. The number of carbonyl (C=O) groups is 2. The molecule has 15 heteroatoms. The molecule has 0 saturated carbocycles. The van der Waals surface area contributed by atoms with Gasteiger partial charge in [-0.25, -0.2) is 29.2 Å². The molecule has 3 aromatic carbocycles. The van der Waals surface area contributed by atoms with Crippen LogP contribution in [0.1, 0.15) is 30.9 Å². The summed E-state index contributed by atoms with van der Waals surface area (Å²) in [6.07, 6.45) is -1.99. The summed E-state index contributed by atoms with van der Waals surface area (Å²) in [5.41, 5.74) is 4.91. The minimum Gasteiger partial charge on any atom is -0.454 e. The molecule has 0 bridgehead atoms. The first-order valence-electron chi connectivity index (χ1n) is 13.0. The van der Waals surface area contributed by atoms with Crippen molar-refractivity contribution in [2.24, 2.45) is 10.1 Å². The number of benzene rings is 3. The minimum atomic E-state index is -4.78.